The molecular formula is C20H22N4O3S2. The Balaban J connectivity index is 1.41. The van der Waals surface area contributed by atoms with Gasteiger partial charge in [-0.05, 0) is 37.5 Å². The van der Waals surface area contributed by atoms with Crippen LogP contribution in [-0.4, -0.2) is 40.5 Å². The van der Waals surface area contributed by atoms with Gasteiger partial charge in [0.05, 0.1) is 17.8 Å². The van der Waals surface area contributed by atoms with Crippen LogP contribution in [0.25, 0.3) is 11.0 Å². The zero-order valence-corrected chi connectivity index (χ0v) is 17.6. The summed E-state index contributed by atoms with van der Waals surface area (Å²) in [7, 11) is -3.67. The summed E-state index contributed by atoms with van der Waals surface area (Å²) in [6.45, 7) is 2.58. The molecule has 1 N–H and O–H groups in total. The Morgan fingerprint density at radius 2 is 1.83 bits per heavy atom. The number of benzene rings is 2. The molecule has 0 saturated carbocycles. The average Bonchev–Trinajstić information content (AvgIpc) is 3.23. The van der Waals surface area contributed by atoms with E-state index in [0.717, 1.165) is 17.3 Å². The molecule has 9 heteroatoms. The highest BCUT2D eigenvalue weighted by molar-refractivity contribution is 7.89. The van der Waals surface area contributed by atoms with Gasteiger partial charge in [-0.2, -0.15) is 13.1 Å². The van der Waals surface area contributed by atoms with Gasteiger partial charge in [0.1, 0.15) is 15.9 Å². The van der Waals surface area contributed by atoms with Gasteiger partial charge in [0.15, 0.2) is 0 Å². The number of piperidine rings is 1. The molecule has 4 rings (SSSR count). The predicted molar refractivity (Wildman–Crippen MR) is 112 cm³/mol. The number of aromatic nitrogens is 2. The quantitative estimate of drug-likeness (QED) is 0.672. The summed E-state index contributed by atoms with van der Waals surface area (Å²) in [5.41, 5.74) is 2.04. The summed E-state index contributed by atoms with van der Waals surface area (Å²) in [6, 6.07) is 14.7. The number of hydrogen-bond acceptors (Lipinski definition) is 6. The second kappa shape index (κ2) is 8.17. The second-order valence-electron chi connectivity index (χ2n) is 7.21. The van der Waals surface area contributed by atoms with Crippen LogP contribution in [0.4, 0.5) is 0 Å². The van der Waals surface area contributed by atoms with Gasteiger partial charge >= 0.3 is 0 Å². The molecule has 1 saturated heterocycles. The lowest BCUT2D eigenvalue weighted by Gasteiger charge is -2.31. The standard InChI is InChI=1S/C20H22N4O3S2/c1-14(15-6-3-2-4-7-15)21-20(25)16-10-12-24(13-11-16)29(26,27)18-9-5-8-17-19(18)23-28-22-17/h2-9,14,16H,10-13H2,1H3,(H,21,25). The topological polar surface area (TPSA) is 92.3 Å². The largest absolute Gasteiger partial charge is 0.349 e. The van der Waals surface area contributed by atoms with Crippen LogP contribution in [0.2, 0.25) is 0 Å². The van der Waals surface area contributed by atoms with Crippen LogP contribution in [0.5, 0.6) is 0 Å². The van der Waals surface area contributed by atoms with E-state index in [1.54, 1.807) is 18.2 Å². The maximum absolute atomic E-state index is 13.1. The predicted octanol–water partition coefficient (Wildman–Crippen LogP) is 2.97. The first-order valence-corrected chi connectivity index (χ1v) is 11.7. The van der Waals surface area contributed by atoms with E-state index in [1.807, 2.05) is 37.3 Å². The Labute approximate surface area is 174 Å². The first-order chi connectivity index (χ1) is 14.0. The van der Waals surface area contributed by atoms with E-state index in [9.17, 15) is 13.2 Å². The maximum Gasteiger partial charge on any atom is 0.245 e. The molecule has 0 spiro atoms. The summed E-state index contributed by atoms with van der Waals surface area (Å²) >= 11 is 1.00. The maximum atomic E-state index is 13.1. The zero-order valence-electron chi connectivity index (χ0n) is 16.0. The van der Waals surface area contributed by atoms with Crippen molar-refractivity contribution in [2.45, 2.75) is 30.7 Å². The average molecular weight is 431 g/mol. The van der Waals surface area contributed by atoms with Crippen LogP contribution in [0.3, 0.4) is 0 Å². The van der Waals surface area contributed by atoms with Gasteiger partial charge in [-0.1, -0.05) is 36.4 Å². The zero-order chi connectivity index (χ0) is 20.4. The third kappa shape index (κ3) is 4.03. The van der Waals surface area contributed by atoms with Crippen LogP contribution < -0.4 is 5.32 Å². The Hall–Kier alpha value is -2.36. The van der Waals surface area contributed by atoms with Gasteiger partial charge in [0.25, 0.3) is 0 Å². The van der Waals surface area contributed by atoms with E-state index in [1.165, 1.54) is 4.31 Å². The lowest BCUT2D eigenvalue weighted by atomic mass is 9.96. The first kappa shape index (κ1) is 19.9. The molecule has 0 bridgehead atoms. The van der Waals surface area contributed by atoms with Crippen molar-refractivity contribution in [2.24, 2.45) is 5.92 Å². The summed E-state index contributed by atoms with van der Waals surface area (Å²) in [5.74, 6) is -0.214. The molecule has 1 unspecified atom stereocenters. The minimum atomic E-state index is -3.67. The molecule has 152 valence electrons. The van der Waals surface area contributed by atoms with Crippen molar-refractivity contribution >= 4 is 38.7 Å². The van der Waals surface area contributed by atoms with E-state index < -0.39 is 10.0 Å². The van der Waals surface area contributed by atoms with Gasteiger partial charge in [0, 0.05) is 19.0 Å². The van der Waals surface area contributed by atoms with Gasteiger partial charge in [-0.25, -0.2) is 8.42 Å². The lowest BCUT2D eigenvalue weighted by molar-refractivity contribution is -0.126. The van der Waals surface area contributed by atoms with E-state index in [4.69, 9.17) is 0 Å². The molecular weight excluding hydrogens is 408 g/mol. The Morgan fingerprint density at radius 3 is 2.55 bits per heavy atom. The molecule has 1 atom stereocenters. The van der Waals surface area contributed by atoms with Crippen LogP contribution >= 0.6 is 11.7 Å². The molecule has 1 aliphatic heterocycles. The smallest absolute Gasteiger partial charge is 0.245 e. The van der Waals surface area contributed by atoms with Crippen molar-refractivity contribution in [3.05, 3.63) is 54.1 Å². The fourth-order valence-corrected chi connectivity index (χ4v) is 5.87. The summed E-state index contributed by atoms with van der Waals surface area (Å²) in [6.07, 6.45) is 0.996. The molecule has 1 amide bonds. The molecule has 29 heavy (non-hydrogen) atoms. The fraction of sp³-hybridized carbons (Fsp3) is 0.350. The number of fused-ring (bicyclic) bond motifs is 1. The van der Waals surface area contributed by atoms with Crippen molar-refractivity contribution < 1.29 is 13.2 Å². The number of carbonyl (C=O) groups excluding carboxylic acids is 1. The van der Waals surface area contributed by atoms with E-state index in [0.29, 0.717) is 37.0 Å². The highest BCUT2D eigenvalue weighted by atomic mass is 32.2. The summed E-state index contributed by atoms with van der Waals surface area (Å²) in [4.78, 5) is 12.8. The summed E-state index contributed by atoms with van der Waals surface area (Å²) in [5, 5.41) is 3.05. The fourth-order valence-electron chi connectivity index (χ4n) is 3.64. The monoisotopic (exact) mass is 430 g/mol. The van der Waals surface area contributed by atoms with E-state index in [-0.39, 0.29) is 22.8 Å². The van der Waals surface area contributed by atoms with Crippen molar-refractivity contribution in [3.8, 4) is 0 Å². The SMILES string of the molecule is CC(NC(=O)C1CCN(S(=O)(=O)c2cccc3nsnc23)CC1)c1ccccc1. The van der Waals surface area contributed by atoms with Crippen LogP contribution in [0.1, 0.15) is 31.4 Å². The normalized spacial score (nSPS) is 17.3. The third-order valence-electron chi connectivity index (χ3n) is 5.35. The molecule has 2 heterocycles. The number of amides is 1. The van der Waals surface area contributed by atoms with Crippen LogP contribution in [0.15, 0.2) is 53.4 Å². The molecule has 1 aliphatic rings. The Kier molecular flexibility index (Phi) is 5.62. The highest BCUT2D eigenvalue weighted by Crippen LogP contribution is 2.28. The number of carbonyl (C=O) groups is 1. The molecule has 0 radical (unpaired) electrons. The second-order valence-corrected chi connectivity index (χ2v) is 9.64. The number of sulfonamides is 1. The van der Waals surface area contributed by atoms with Gasteiger partial charge in [-0.15, -0.1) is 0 Å². The van der Waals surface area contributed by atoms with E-state index in [2.05, 4.69) is 14.1 Å². The van der Waals surface area contributed by atoms with Gasteiger partial charge in [0.2, 0.25) is 15.9 Å². The Bertz CT molecular complexity index is 1110. The third-order valence-corrected chi connectivity index (χ3v) is 7.82. The summed E-state index contributed by atoms with van der Waals surface area (Å²) < 4.78 is 35.9. The highest BCUT2D eigenvalue weighted by Gasteiger charge is 2.33. The molecule has 0 aliphatic carbocycles. The van der Waals surface area contributed by atoms with Crippen LogP contribution in [0, 0.1) is 5.92 Å². The van der Waals surface area contributed by atoms with Crippen LogP contribution in [-0.2, 0) is 14.8 Å². The first-order valence-electron chi connectivity index (χ1n) is 9.53. The number of nitrogens with one attached hydrogen (secondary N) is 1. The molecule has 1 aromatic heterocycles. The molecule has 7 nitrogen and oxygen atoms in total. The van der Waals surface area contributed by atoms with E-state index >= 15 is 0 Å². The number of nitrogens with zero attached hydrogens (tertiary/aromatic N) is 3. The lowest BCUT2D eigenvalue weighted by Crippen LogP contribution is -2.43. The number of rotatable bonds is 5. The molecule has 1 fully saturated rings. The minimum Gasteiger partial charge on any atom is -0.349 e. The minimum absolute atomic E-state index is 0.0239. The van der Waals surface area contributed by atoms with Crippen molar-refractivity contribution in [3.63, 3.8) is 0 Å². The number of hydrogen-bond donors (Lipinski definition) is 1. The van der Waals surface area contributed by atoms with Crippen molar-refractivity contribution in [1.82, 2.24) is 18.4 Å². The van der Waals surface area contributed by atoms with Gasteiger partial charge < -0.3 is 5.32 Å². The van der Waals surface area contributed by atoms with Gasteiger partial charge in [-0.3, -0.25) is 4.79 Å². The van der Waals surface area contributed by atoms with Crippen molar-refractivity contribution in [1.29, 1.82) is 0 Å². The van der Waals surface area contributed by atoms with Crippen molar-refractivity contribution in [2.75, 3.05) is 13.1 Å². The Morgan fingerprint density at radius 1 is 1.10 bits per heavy atom. The molecule has 2 aromatic carbocycles. The molecule has 3 aromatic rings.